The second kappa shape index (κ2) is 7.18. The van der Waals surface area contributed by atoms with Crippen LogP contribution in [-0.2, 0) is 6.54 Å². The Bertz CT molecular complexity index is 998. The van der Waals surface area contributed by atoms with E-state index in [-0.39, 0.29) is 11.6 Å². The van der Waals surface area contributed by atoms with Crippen molar-refractivity contribution in [2.24, 2.45) is 0 Å². The molecule has 0 amide bonds. The van der Waals surface area contributed by atoms with E-state index >= 15 is 0 Å². The number of nitrogens with zero attached hydrogens (tertiary/aromatic N) is 6. The maximum atomic E-state index is 9.96. The van der Waals surface area contributed by atoms with Crippen molar-refractivity contribution < 1.29 is 5.11 Å². The van der Waals surface area contributed by atoms with Gasteiger partial charge in [-0.3, -0.25) is 0 Å². The lowest BCUT2D eigenvalue weighted by molar-refractivity contribution is 0.198. The third kappa shape index (κ3) is 3.88. The molecule has 0 saturated carbocycles. The fraction of sp³-hybridized carbons (Fsp3) is 0.474. The van der Waals surface area contributed by atoms with E-state index in [4.69, 9.17) is 16.6 Å². The maximum absolute atomic E-state index is 9.96. The molecular formula is C19H24ClN7O. The van der Waals surface area contributed by atoms with Crippen molar-refractivity contribution in [3.8, 4) is 0 Å². The minimum Gasteiger partial charge on any atom is -0.391 e. The SMILES string of the molecule is CC(C)(C)Nc1nc(N2CC[C@H](O)C2)c2nnn(Cc3ccccc3Cl)c2n1. The number of aliphatic hydroxyl groups is 1. The van der Waals surface area contributed by atoms with Crippen molar-refractivity contribution in [1.82, 2.24) is 25.0 Å². The van der Waals surface area contributed by atoms with Crippen LogP contribution < -0.4 is 10.2 Å². The number of nitrogens with one attached hydrogen (secondary N) is 1. The molecule has 8 nitrogen and oxygen atoms in total. The molecule has 3 aromatic rings. The number of β-amino-alcohol motifs (C(OH)–C–C–N with tert-alkyl or cyclic N) is 1. The first-order chi connectivity index (χ1) is 13.3. The zero-order chi connectivity index (χ0) is 19.9. The molecule has 2 N–H and O–H groups in total. The molecule has 9 heteroatoms. The second-order valence-corrected chi connectivity index (χ2v) is 8.55. The monoisotopic (exact) mass is 401 g/mol. The van der Waals surface area contributed by atoms with Crippen LogP contribution in [0.3, 0.4) is 0 Å². The van der Waals surface area contributed by atoms with Crippen LogP contribution in [0.1, 0.15) is 32.8 Å². The molecule has 1 atom stereocenters. The Morgan fingerprint density at radius 2 is 2.04 bits per heavy atom. The van der Waals surface area contributed by atoms with E-state index in [0.717, 1.165) is 12.1 Å². The van der Waals surface area contributed by atoms with Gasteiger partial charge >= 0.3 is 0 Å². The van der Waals surface area contributed by atoms with Crippen LogP contribution in [0, 0.1) is 0 Å². The second-order valence-electron chi connectivity index (χ2n) is 8.15. The third-order valence-electron chi connectivity index (χ3n) is 4.57. The van der Waals surface area contributed by atoms with Gasteiger partial charge in [-0.2, -0.15) is 9.97 Å². The molecule has 0 spiro atoms. The van der Waals surface area contributed by atoms with Crippen LogP contribution >= 0.6 is 11.6 Å². The summed E-state index contributed by atoms with van der Waals surface area (Å²) >= 11 is 6.32. The number of aromatic nitrogens is 5. The van der Waals surface area contributed by atoms with E-state index in [2.05, 4.69) is 41.4 Å². The highest BCUT2D eigenvalue weighted by atomic mass is 35.5. The Kier molecular flexibility index (Phi) is 4.84. The van der Waals surface area contributed by atoms with Gasteiger partial charge in [0, 0.05) is 23.7 Å². The van der Waals surface area contributed by atoms with Gasteiger partial charge in [0.1, 0.15) is 0 Å². The summed E-state index contributed by atoms with van der Waals surface area (Å²) in [5, 5.41) is 22.6. The van der Waals surface area contributed by atoms with Gasteiger partial charge in [-0.05, 0) is 38.8 Å². The average Bonchev–Trinajstić information content (AvgIpc) is 3.22. The summed E-state index contributed by atoms with van der Waals surface area (Å²) in [5.41, 5.74) is 2.01. The van der Waals surface area contributed by atoms with Crippen molar-refractivity contribution in [3.63, 3.8) is 0 Å². The number of benzene rings is 1. The summed E-state index contributed by atoms with van der Waals surface area (Å²) in [6.07, 6.45) is 0.351. The zero-order valence-electron chi connectivity index (χ0n) is 16.2. The molecule has 0 aliphatic carbocycles. The fourth-order valence-corrected chi connectivity index (χ4v) is 3.48. The van der Waals surface area contributed by atoms with Gasteiger partial charge in [0.25, 0.3) is 0 Å². The first kappa shape index (κ1) is 18.9. The maximum Gasteiger partial charge on any atom is 0.227 e. The van der Waals surface area contributed by atoms with E-state index in [1.165, 1.54) is 0 Å². The first-order valence-corrected chi connectivity index (χ1v) is 9.74. The van der Waals surface area contributed by atoms with Gasteiger partial charge in [-0.1, -0.05) is 35.0 Å². The quantitative estimate of drug-likeness (QED) is 0.694. The Labute approximate surface area is 168 Å². The molecule has 1 saturated heterocycles. The lowest BCUT2D eigenvalue weighted by Crippen LogP contribution is -2.29. The highest BCUT2D eigenvalue weighted by molar-refractivity contribution is 6.31. The van der Waals surface area contributed by atoms with Gasteiger partial charge in [0.05, 0.1) is 12.6 Å². The van der Waals surface area contributed by atoms with Crippen LogP contribution in [-0.4, -0.2) is 54.8 Å². The van der Waals surface area contributed by atoms with Gasteiger partial charge in [-0.25, -0.2) is 4.68 Å². The largest absolute Gasteiger partial charge is 0.391 e. The Balaban J connectivity index is 1.79. The highest BCUT2D eigenvalue weighted by Gasteiger charge is 2.27. The summed E-state index contributed by atoms with van der Waals surface area (Å²) in [4.78, 5) is 11.4. The molecule has 148 valence electrons. The molecule has 3 heterocycles. The molecule has 1 fully saturated rings. The standard InChI is InChI=1S/C19H24ClN7O/c1-19(2,3)23-18-21-16(26-9-8-13(28)11-26)15-17(22-18)27(25-24-15)10-12-6-4-5-7-14(12)20/h4-7,13,28H,8-11H2,1-3H3,(H,21,22,23)/t13-/m0/s1. The van der Waals surface area contributed by atoms with Crippen LogP contribution in [0.5, 0.6) is 0 Å². The van der Waals surface area contributed by atoms with E-state index in [1.807, 2.05) is 29.2 Å². The topological polar surface area (TPSA) is 92.0 Å². The number of aliphatic hydroxyl groups excluding tert-OH is 1. The summed E-state index contributed by atoms with van der Waals surface area (Å²) in [7, 11) is 0. The highest BCUT2D eigenvalue weighted by Crippen LogP contribution is 2.28. The molecule has 0 bridgehead atoms. The van der Waals surface area contributed by atoms with Crippen molar-refractivity contribution in [3.05, 3.63) is 34.9 Å². The lowest BCUT2D eigenvalue weighted by atomic mass is 10.1. The molecule has 2 aromatic heterocycles. The summed E-state index contributed by atoms with van der Waals surface area (Å²) < 4.78 is 1.74. The van der Waals surface area contributed by atoms with Crippen LogP contribution in [0.4, 0.5) is 11.8 Å². The number of halogens is 1. The minimum atomic E-state index is -0.359. The van der Waals surface area contributed by atoms with Crippen molar-refractivity contribution in [2.45, 2.75) is 45.4 Å². The molecular weight excluding hydrogens is 378 g/mol. The molecule has 0 radical (unpaired) electrons. The van der Waals surface area contributed by atoms with Gasteiger partial charge in [-0.15, -0.1) is 5.10 Å². The molecule has 1 aliphatic rings. The molecule has 1 aliphatic heterocycles. The summed E-state index contributed by atoms with van der Waals surface area (Å²) in [5.74, 6) is 1.21. The van der Waals surface area contributed by atoms with Crippen molar-refractivity contribution in [2.75, 3.05) is 23.3 Å². The average molecular weight is 402 g/mol. The van der Waals surface area contributed by atoms with E-state index in [9.17, 15) is 5.11 Å². The third-order valence-corrected chi connectivity index (χ3v) is 4.94. The van der Waals surface area contributed by atoms with Crippen LogP contribution in [0.15, 0.2) is 24.3 Å². The first-order valence-electron chi connectivity index (χ1n) is 9.36. The van der Waals surface area contributed by atoms with Crippen molar-refractivity contribution in [1.29, 1.82) is 0 Å². The molecule has 0 unspecified atom stereocenters. The number of hydrogen-bond donors (Lipinski definition) is 2. The number of anilines is 2. The Morgan fingerprint density at radius 3 is 2.71 bits per heavy atom. The Morgan fingerprint density at radius 1 is 1.25 bits per heavy atom. The minimum absolute atomic E-state index is 0.198. The lowest BCUT2D eigenvalue weighted by Gasteiger charge is -2.22. The van der Waals surface area contributed by atoms with Crippen LogP contribution in [0.2, 0.25) is 5.02 Å². The molecule has 4 rings (SSSR count). The van der Waals surface area contributed by atoms with Crippen LogP contribution in [0.25, 0.3) is 11.2 Å². The smallest absolute Gasteiger partial charge is 0.227 e. The van der Waals surface area contributed by atoms with E-state index < -0.39 is 0 Å². The number of rotatable bonds is 4. The van der Waals surface area contributed by atoms with Gasteiger partial charge in [0.15, 0.2) is 17.0 Å². The van der Waals surface area contributed by atoms with E-state index in [0.29, 0.717) is 47.5 Å². The molecule has 1 aromatic carbocycles. The fourth-order valence-electron chi connectivity index (χ4n) is 3.28. The van der Waals surface area contributed by atoms with E-state index in [1.54, 1.807) is 4.68 Å². The predicted octanol–water partition coefficient (Wildman–Crippen LogP) is 2.70. The van der Waals surface area contributed by atoms with Gasteiger partial charge < -0.3 is 15.3 Å². The Hall–Kier alpha value is -2.45. The predicted molar refractivity (Wildman–Crippen MR) is 110 cm³/mol. The zero-order valence-corrected chi connectivity index (χ0v) is 17.0. The number of fused-ring (bicyclic) bond motifs is 1. The number of hydrogen-bond acceptors (Lipinski definition) is 7. The van der Waals surface area contributed by atoms with Gasteiger partial charge in [0.2, 0.25) is 5.95 Å². The normalized spacial score (nSPS) is 17.5. The molecule has 28 heavy (non-hydrogen) atoms. The summed E-state index contributed by atoms with van der Waals surface area (Å²) in [6, 6.07) is 7.66. The summed E-state index contributed by atoms with van der Waals surface area (Å²) in [6.45, 7) is 7.87. The van der Waals surface area contributed by atoms with Crippen molar-refractivity contribution >= 4 is 34.5 Å².